The highest BCUT2D eigenvalue weighted by atomic mass is 16.5. The van der Waals surface area contributed by atoms with Crippen molar-refractivity contribution in [2.75, 3.05) is 6.61 Å². The van der Waals surface area contributed by atoms with Crippen LogP contribution in [0.4, 0.5) is 0 Å². The van der Waals surface area contributed by atoms with Crippen LogP contribution < -0.4 is 0 Å². The number of allylic oxidation sites excluding steroid dienone is 3. The molecule has 0 aromatic heterocycles. The van der Waals surface area contributed by atoms with E-state index in [0.717, 1.165) is 6.42 Å². The first-order valence-corrected chi connectivity index (χ1v) is 6.19. The Morgan fingerprint density at radius 2 is 2.25 bits per heavy atom. The predicted octanol–water partition coefficient (Wildman–Crippen LogP) is 3.63. The predicted molar refractivity (Wildman–Crippen MR) is 66.1 cm³/mol. The molecule has 0 saturated heterocycles. The molecule has 0 aliphatic heterocycles. The summed E-state index contributed by atoms with van der Waals surface area (Å²) in [6.07, 6.45) is 8.45. The SMILES string of the molecule is CCOC(=O)/C=C/C1=C(C)CCCCC1C. The molecule has 0 spiro atoms. The Morgan fingerprint density at radius 3 is 2.94 bits per heavy atom. The Hall–Kier alpha value is -1.05. The first-order chi connectivity index (χ1) is 7.65. The van der Waals surface area contributed by atoms with Crippen LogP contribution >= 0.6 is 0 Å². The minimum Gasteiger partial charge on any atom is -0.463 e. The van der Waals surface area contributed by atoms with Crippen molar-refractivity contribution in [3.05, 3.63) is 23.3 Å². The summed E-state index contributed by atoms with van der Waals surface area (Å²) in [6.45, 7) is 6.67. The normalized spacial score (nSPS) is 22.3. The van der Waals surface area contributed by atoms with Gasteiger partial charge in [-0.1, -0.05) is 25.0 Å². The summed E-state index contributed by atoms with van der Waals surface area (Å²) in [5.74, 6) is 0.326. The summed E-state index contributed by atoms with van der Waals surface area (Å²) in [5, 5.41) is 0. The Balaban J connectivity index is 2.71. The second-order valence-corrected chi connectivity index (χ2v) is 4.47. The van der Waals surface area contributed by atoms with Gasteiger partial charge in [0.25, 0.3) is 0 Å². The van der Waals surface area contributed by atoms with Crippen molar-refractivity contribution >= 4 is 5.97 Å². The lowest BCUT2D eigenvalue weighted by Crippen LogP contribution is -2.02. The lowest BCUT2D eigenvalue weighted by atomic mass is 9.94. The van der Waals surface area contributed by atoms with Crippen LogP contribution in [0.15, 0.2) is 23.3 Å². The van der Waals surface area contributed by atoms with Gasteiger partial charge in [-0.05, 0) is 44.6 Å². The molecule has 1 aliphatic carbocycles. The van der Waals surface area contributed by atoms with Crippen LogP contribution in [-0.4, -0.2) is 12.6 Å². The van der Waals surface area contributed by atoms with Crippen LogP contribution in [-0.2, 0) is 9.53 Å². The Bertz CT molecular complexity index is 300. The molecular formula is C14H22O2. The van der Waals surface area contributed by atoms with E-state index in [1.807, 2.05) is 13.0 Å². The highest BCUT2D eigenvalue weighted by Crippen LogP contribution is 2.29. The molecule has 16 heavy (non-hydrogen) atoms. The van der Waals surface area contributed by atoms with Crippen molar-refractivity contribution < 1.29 is 9.53 Å². The number of ether oxygens (including phenoxy) is 1. The molecule has 0 amide bonds. The van der Waals surface area contributed by atoms with Crippen molar-refractivity contribution in [3.63, 3.8) is 0 Å². The average molecular weight is 222 g/mol. The van der Waals surface area contributed by atoms with Gasteiger partial charge in [-0.2, -0.15) is 0 Å². The molecule has 0 aromatic carbocycles. The van der Waals surface area contributed by atoms with E-state index < -0.39 is 0 Å². The minimum absolute atomic E-state index is 0.237. The van der Waals surface area contributed by atoms with Gasteiger partial charge in [-0.25, -0.2) is 4.79 Å². The second-order valence-electron chi connectivity index (χ2n) is 4.47. The number of rotatable bonds is 3. The third-order valence-corrected chi connectivity index (χ3v) is 3.15. The Labute approximate surface area is 98.4 Å². The lowest BCUT2D eigenvalue weighted by Gasteiger charge is -2.12. The van der Waals surface area contributed by atoms with Gasteiger partial charge in [-0.15, -0.1) is 0 Å². The highest BCUT2D eigenvalue weighted by molar-refractivity contribution is 5.82. The summed E-state index contributed by atoms with van der Waals surface area (Å²) in [7, 11) is 0. The van der Waals surface area contributed by atoms with Crippen molar-refractivity contribution in [1.29, 1.82) is 0 Å². The maximum absolute atomic E-state index is 11.3. The van der Waals surface area contributed by atoms with Gasteiger partial charge in [0.15, 0.2) is 0 Å². The van der Waals surface area contributed by atoms with E-state index in [1.54, 1.807) is 6.08 Å². The van der Waals surface area contributed by atoms with Gasteiger partial charge < -0.3 is 4.74 Å². The summed E-state index contributed by atoms with van der Waals surface area (Å²) >= 11 is 0. The molecule has 0 N–H and O–H groups in total. The van der Waals surface area contributed by atoms with Crippen LogP contribution in [0, 0.1) is 5.92 Å². The van der Waals surface area contributed by atoms with Crippen molar-refractivity contribution in [2.45, 2.75) is 46.5 Å². The summed E-state index contributed by atoms with van der Waals surface area (Å²) < 4.78 is 4.89. The largest absolute Gasteiger partial charge is 0.463 e. The van der Waals surface area contributed by atoms with E-state index in [1.165, 1.54) is 30.4 Å². The molecule has 2 nitrogen and oxygen atoms in total. The van der Waals surface area contributed by atoms with Crippen molar-refractivity contribution in [2.24, 2.45) is 5.92 Å². The fourth-order valence-electron chi connectivity index (χ4n) is 2.22. The first kappa shape index (κ1) is 13.0. The molecule has 90 valence electrons. The molecule has 1 aliphatic rings. The van der Waals surface area contributed by atoms with Crippen molar-refractivity contribution in [3.8, 4) is 0 Å². The standard InChI is InChI=1S/C14H22O2/c1-4-16-14(15)10-9-13-11(2)7-5-6-8-12(13)3/h9-11H,4-8H2,1-3H3/b10-9+. The quantitative estimate of drug-likeness (QED) is 0.538. The summed E-state index contributed by atoms with van der Waals surface area (Å²) in [6, 6.07) is 0. The summed E-state index contributed by atoms with van der Waals surface area (Å²) in [4.78, 5) is 11.3. The van der Waals surface area contributed by atoms with E-state index in [9.17, 15) is 4.79 Å². The topological polar surface area (TPSA) is 26.3 Å². The van der Waals surface area contributed by atoms with Crippen LogP contribution in [0.5, 0.6) is 0 Å². The average Bonchev–Trinajstić information content (AvgIpc) is 2.39. The maximum Gasteiger partial charge on any atom is 0.330 e. The molecule has 1 unspecified atom stereocenters. The van der Waals surface area contributed by atoms with Gasteiger partial charge in [0.1, 0.15) is 0 Å². The Morgan fingerprint density at radius 1 is 1.50 bits per heavy atom. The number of carbonyl (C=O) groups excluding carboxylic acids is 1. The monoisotopic (exact) mass is 222 g/mol. The number of hydrogen-bond acceptors (Lipinski definition) is 2. The molecule has 1 atom stereocenters. The van der Waals surface area contributed by atoms with Crippen LogP contribution in [0.1, 0.15) is 46.5 Å². The van der Waals surface area contributed by atoms with Gasteiger partial charge in [0.05, 0.1) is 6.61 Å². The number of esters is 1. The smallest absolute Gasteiger partial charge is 0.330 e. The molecule has 0 heterocycles. The highest BCUT2D eigenvalue weighted by Gasteiger charge is 2.13. The molecule has 0 radical (unpaired) electrons. The third kappa shape index (κ3) is 3.84. The molecule has 0 bridgehead atoms. The van der Waals surface area contributed by atoms with E-state index in [4.69, 9.17) is 4.74 Å². The van der Waals surface area contributed by atoms with E-state index in [-0.39, 0.29) is 5.97 Å². The van der Waals surface area contributed by atoms with E-state index >= 15 is 0 Å². The molecular weight excluding hydrogens is 200 g/mol. The lowest BCUT2D eigenvalue weighted by molar-refractivity contribution is -0.137. The van der Waals surface area contributed by atoms with Gasteiger partial charge in [-0.3, -0.25) is 0 Å². The zero-order chi connectivity index (χ0) is 12.0. The fraction of sp³-hybridized carbons (Fsp3) is 0.643. The zero-order valence-corrected chi connectivity index (χ0v) is 10.6. The molecule has 0 fully saturated rings. The van der Waals surface area contributed by atoms with Gasteiger partial charge in [0, 0.05) is 6.08 Å². The third-order valence-electron chi connectivity index (χ3n) is 3.15. The van der Waals surface area contributed by atoms with Gasteiger partial charge >= 0.3 is 5.97 Å². The number of hydrogen-bond donors (Lipinski definition) is 0. The maximum atomic E-state index is 11.3. The van der Waals surface area contributed by atoms with Crippen LogP contribution in [0.2, 0.25) is 0 Å². The van der Waals surface area contributed by atoms with Crippen LogP contribution in [0.25, 0.3) is 0 Å². The van der Waals surface area contributed by atoms with Crippen LogP contribution in [0.3, 0.4) is 0 Å². The fourth-order valence-corrected chi connectivity index (χ4v) is 2.22. The first-order valence-electron chi connectivity index (χ1n) is 6.19. The second kappa shape index (κ2) is 6.51. The zero-order valence-electron chi connectivity index (χ0n) is 10.6. The summed E-state index contributed by atoms with van der Waals surface area (Å²) in [5.41, 5.74) is 2.75. The Kier molecular flexibility index (Phi) is 5.30. The molecule has 1 rings (SSSR count). The van der Waals surface area contributed by atoms with Gasteiger partial charge in [0.2, 0.25) is 0 Å². The van der Waals surface area contributed by atoms with E-state index in [2.05, 4.69) is 13.8 Å². The minimum atomic E-state index is -0.237. The van der Waals surface area contributed by atoms with E-state index in [0.29, 0.717) is 12.5 Å². The molecule has 0 saturated carbocycles. The number of carbonyl (C=O) groups is 1. The molecule has 0 aromatic rings. The van der Waals surface area contributed by atoms with Crippen molar-refractivity contribution in [1.82, 2.24) is 0 Å². The molecule has 2 heteroatoms.